The summed E-state index contributed by atoms with van der Waals surface area (Å²) >= 11 is 0. The van der Waals surface area contributed by atoms with Gasteiger partial charge in [0.15, 0.2) is 0 Å². The highest BCUT2D eigenvalue weighted by Gasteiger charge is 2.07. The molecule has 0 atom stereocenters. The van der Waals surface area contributed by atoms with Gasteiger partial charge >= 0.3 is 0 Å². The quantitative estimate of drug-likeness (QED) is 0.776. The summed E-state index contributed by atoms with van der Waals surface area (Å²) in [6.45, 7) is 7.61. The summed E-state index contributed by atoms with van der Waals surface area (Å²) in [6.07, 6.45) is 3.29. The van der Waals surface area contributed by atoms with Gasteiger partial charge in [-0.05, 0) is 47.7 Å². The van der Waals surface area contributed by atoms with Crippen molar-refractivity contribution in [2.24, 2.45) is 0 Å². The third-order valence-electron chi connectivity index (χ3n) is 3.93. The van der Waals surface area contributed by atoms with Gasteiger partial charge in [-0.25, -0.2) is 0 Å². The maximum Gasteiger partial charge on any atom is 0.248 e. The van der Waals surface area contributed by atoms with Gasteiger partial charge < -0.3 is 10.6 Å². The van der Waals surface area contributed by atoms with Crippen molar-refractivity contribution in [2.75, 3.05) is 10.6 Å². The van der Waals surface area contributed by atoms with Crippen LogP contribution >= 0.6 is 0 Å². The second-order valence-corrected chi connectivity index (χ2v) is 6.30. The number of carbonyl (C=O) groups excluding carboxylic acids is 2. The minimum Gasteiger partial charge on any atom is -0.326 e. The molecule has 0 radical (unpaired) electrons. The number of anilines is 2. The van der Waals surface area contributed by atoms with Gasteiger partial charge in [0, 0.05) is 24.4 Å². The molecule has 0 heterocycles. The molecule has 0 unspecified atom stereocenters. The number of carbonyl (C=O) groups is 2. The van der Waals surface area contributed by atoms with Crippen LogP contribution in [0.5, 0.6) is 0 Å². The van der Waals surface area contributed by atoms with Crippen LogP contribution < -0.4 is 10.6 Å². The number of hydrogen-bond donors (Lipinski definition) is 2. The van der Waals surface area contributed by atoms with Gasteiger partial charge in [-0.3, -0.25) is 9.59 Å². The Morgan fingerprint density at radius 2 is 1.56 bits per heavy atom. The van der Waals surface area contributed by atoms with Crippen molar-refractivity contribution in [3.63, 3.8) is 0 Å². The van der Waals surface area contributed by atoms with E-state index < -0.39 is 0 Å². The molecule has 0 aliphatic rings. The van der Waals surface area contributed by atoms with E-state index in [1.807, 2.05) is 25.1 Å². The Bertz CT molecular complexity index is 790. The number of benzene rings is 2. The van der Waals surface area contributed by atoms with Crippen LogP contribution in [-0.2, 0) is 9.59 Å². The topological polar surface area (TPSA) is 58.2 Å². The van der Waals surface area contributed by atoms with Gasteiger partial charge in [0.1, 0.15) is 0 Å². The summed E-state index contributed by atoms with van der Waals surface area (Å²) in [5, 5.41) is 5.60. The average Bonchev–Trinajstić information content (AvgIpc) is 2.56. The highest BCUT2D eigenvalue weighted by Crippen LogP contribution is 2.23. The van der Waals surface area contributed by atoms with Gasteiger partial charge in [-0.2, -0.15) is 0 Å². The summed E-state index contributed by atoms with van der Waals surface area (Å²) in [6, 6.07) is 13.6. The zero-order valence-electron chi connectivity index (χ0n) is 15.1. The van der Waals surface area contributed by atoms with Gasteiger partial charge in [0.05, 0.1) is 0 Å². The second kappa shape index (κ2) is 8.29. The van der Waals surface area contributed by atoms with Crippen LogP contribution in [0.2, 0.25) is 0 Å². The Kier molecular flexibility index (Phi) is 6.12. The van der Waals surface area contributed by atoms with Crippen LogP contribution in [0.4, 0.5) is 11.4 Å². The Balaban J connectivity index is 2.06. The lowest BCUT2D eigenvalue weighted by molar-refractivity contribution is -0.114. The van der Waals surface area contributed by atoms with Crippen LogP contribution in [0, 0.1) is 6.92 Å². The second-order valence-electron chi connectivity index (χ2n) is 6.30. The first-order valence-electron chi connectivity index (χ1n) is 8.33. The van der Waals surface area contributed by atoms with E-state index in [-0.39, 0.29) is 11.8 Å². The maximum absolute atomic E-state index is 12.2. The molecule has 4 heteroatoms. The Morgan fingerprint density at radius 3 is 2.12 bits per heavy atom. The molecule has 25 heavy (non-hydrogen) atoms. The summed E-state index contributed by atoms with van der Waals surface area (Å²) in [5.74, 6) is 0.132. The van der Waals surface area contributed by atoms with E-state index in [0.717, 1.165) is 11.1 Å². The molecule has 2 aromatic carbocycles. The Hall–Kier alpha value is -2.88. The molecule has 2 rings (SSSR count). The molecule has 0 aliphatic carbocycles. The lowest BCUT2D eigenvalue weighted by atomic mass is 10.0. The highest BCUT2D eigenvalue weighted by atomic mass is 16.2. The van der Waals surface area contributed by atoms with Crippen LogP contribution in [0.15, 0.2) is 48.5 Å². The Morgan fingerprint density at radius 1 is 0.960 bits per heavy atom. The van der Waals surface area contributed by atoms with Gasteiger partial charge in [0.2, 0.25) is 11.8 Å². The molecule has 0 saturated heterocycles. The van der Waals surface area contributed by atoms with Crippen molar-refractivity contribution in [1.82, 2.24) is 0 Å². The fraction of sp³-hybridized carbons (Fsp3) is 0.238. The predicted octanol–water partition coefficient (Wildman–Crippen LogP) is 4.73. The minimum absolute atomic E-state index is 0.142. The van der Waals surface area contributed by atoms with Crippen molar-refractivity contribution in [3.8, 4) is 0 Å². The number of rotatable bonds is 5. The number of amides is 2. The third-order valence-corrected chi connectivity index (χ3v) is 3.93. The minimum atomic E-state index is -0.212. The van der Waals surface area contributed by atoms with Crippen molar-refractivity contribution in [2.45, 2.75) is 33.6 Å². The molecule has 0 aliphatic heterocycles. The van der Waals surface area contributed by atoms with E-state index in [0.29, 0.717) is 17.3 Å². The van der Waals surface area contributed by atoms with E-state index in [1.54, 1.807) is 18.2 Å². The van der Waals surface area contributed by atoms with Crippen LogP contribution in [0.3, 0.4) is 0 Å². The van der Waals surface area contributed by atoms with Gasteiger partial charge in [-0.15, -0.1) is 0 Å². The highest BCUT2D eigenvalue weighted by molar-refractivity contribution is 6.03. The summed E-state index contributed by atoms with van der Waals surface area (Å²) in [4.78, 5) is 23.4. The third kappa shape index (κ3) is 5.31. The van der Waals surface area contributed by atoms with Gasteiger partial charge in [-0.1, -0.05) is 44.2 Å². The van der Waals surface area contributed by atoms with Crippen molar-refractivity contribution < 1.29 is 9.59 Å². The fourth-order valence-electron chi connectivity index (χ4n) is 2.43. The van der Waals surface area contributed by atoms with E-state index >= 15 is 0 Å². The molecule has 2 amide bonds. The SMILES string of the molecule is CC(=O)Nc1cccc(NC(=O)/C=C/c2ccc(C(C)C)cc2)c1C. The lowest BCUT2D eigenvalue weighted by Crippen LogP contribution is -2.12. The summed E-state index contributed by atoms with van der Waals surface area (Å²) in [5.41, 5.74) is 4.44. The van der Waals surface area contributed by atoms with Crippen LogP contribution in [-0.4, -0.2) is 11.8 Å². The van der Waals surface area contributed by atoms with Crippen molar-refractivity contribution in [3.05, 3.63) is 65.2 Å². The smallest absolute Gasteiger partial charge is 0.248 e. The number of nitrogens with one attached hydrogen (secondary N) is 2. The molecule has 2 aromatic rings. The summed E-state index contributed by atoms with van der Waals surface area (Å²) < 4.78 is 0. The zero-order chi connectivity index (χ0) is 18.4. The maximum atomic E-state index is 12.2. The molecular formula is C21H24N2O2. The molecule has 0 aromatic heterocycles. The standard InChI is InChI=1S/C21H24N2O2/c1-14(2)18-11-8-17(9-12-18)10-13-21(25)23-20-7-5-6-19(15(20)3)22-16(4)24/h5-14H,1-4H3,(H,22,24)(H,23,25)/b13-10+. The van der Waals surface area contributed by atoms with Gasteiger partial charge in [0.25, 0.3) is 0 Å². The molecule has 0 bridgehead atoms. The van der Waals surface area contributed by atoms with E-state index in [2.05, 4.69) is 36.6 Å². The fourth-order valence-corrected chi connectivity index (χ4v) is 2.43. The van der Waals surface area contributed by atoms with Crippen LogP contribution in [0.1, 0.15) is 43.4 Å². The normalized spacial score (nSPS) is 10.9. The average molecular weight is 336 g/mol. The lowest BCUT2D eigenvalue weighted by Gasteiger charge is -2.11. The molecule has 0 spiro atoms. The van der Waals surface area contributed by atoms with E-state index in [1.165, 1.54) is 18.6 Å². The largest absolute Gasteiger partial charge is 0.326 e. The van der Waals surface area contributed by atoms with Crippen LogP contribution in [0.25, 0.3) is 6.08 Å². The van der Waals surface area contributed by atoms with E-state index in [4.69, 9.17) is 0 Å². The monoisotopic (exact) mass is 336 g/mol. The molecule has 4 nitrogen and oxygen atoms in total. The molecule has 2 N–H and O–H groups in total. The first-order valence-corrected chi connectivity index (χ1v) is 8.33. The molecule has 0 saturated carbocycles. The van der Waals surface area contributed by atoms with Crippen molar-refractivity contribution in [1.29, 1.82) is 0 Å². The number of hydrogen-bond acceptors (Lipinski definition) is 2. The molecule has 130 valence electrons. The zero-order valence-corrected chi connectivity index (χ0v) is 15.1. The predicted molar refractivity (Wildman–Crippen MR) is 104 cm³/mol. The molecule has 0 fully saturated rings. The van der Waals surface area contributed by atoms with E-state index in [9.17, 15) is 9.59 Å². The molecular weight excluding hydrogens is 312 g/mol. The Labute approximate surface area is 149 Å². The van der Waals surface area contributed by atoms with Crippen molar-refractivity contribution >= 4 is 29.3 Å². The first-order chi connectivity index (χ1) is 11.9. The first kappa shape index (κ1) is 18.5. The summed E-state index contributed by atoms with van der Waals surface area (Å²) in [7, 11) is 0.